The maximum absolute atomic E-state index is 12.9. The lowest BCUT2D eigenvalue weighted by molar-refractivity contribution is -0.141. The molecule has 4 N–H and O–H groups in total. The summed E-state index contributed by atoms with van der Waals surface area (Å²) in [5.74, 6) is -1.86. The third kappa shape index (κ3) is 7.10. The molecular weight excluding hydrogens is 350 g/mol. The lowest BCUT2D eigenvalue weighted by Gasteiger charge is -2.31. The first-order chi connectivity index (χ1) is 12.8. The number of carbonyl (C=O) groups is 3. The van der Waals surface area contributed by atoms with Gasteiger partial charge < -0.3 is 15.3 Å². The summed E-state index contributed by atoms with van der Waals surface area (Å²) in [6, 6.07) is -0.897. The van der Waals surface area contributed by atoms with E-state index in [-0.39, 0.29) is 36.8 Å². The van der Waals surface area contributed by atoms with Crippen LogP contribution in [-0.4, -0.2) is 58.2 Å². The normalized spacial score (nSPS) is 19.0. The van der Waals surface area contributed by atoms with E-state index in [1.165, 1.54) is 0 Å². The van der Waals surface area contributed by atoms with Crippen molar-refractivity contribution in [1.29, 1.82) is 0 Å². The molecule has 3 atom stereocenters. The zero-order valence-electron chi connectivity index (χ0n) is 16.7. The minimum absolute atomic E-state index is 0.0825. The Morgan fingerprint density at radius 1 is 1.22 bits per heavy atom. The predicted octanol–water partition coefficient (Wildman–Crippen LogP) is 1.20. The number of hydroxylamine groups is 1. The van der Waals surface area contributed by atoms with Crippen molar-refractivity contribution in [2.45, 2.75) is 77.8 Å². The van der Waals surface area contributed by atoms with E-state index in [4.69, 9.17) is 5.21 Å². The SMILES string of the molecule is CCCCC[C@H](CC(=O)NO)C(=O)NC(C(=O)N1CCCC1CO)C(C)C. The number of rotatable bonds is 11. The van der Waals surface area contributed by atoms with Crippen LogP contribution in [-0.2, 0) is 14.4 Å². The van der Waals surface area contributed by atoms with Crippen LogP contribution in [0.4, 0.5) is 0 Å². The zero-order valence-corrected chi connectivity index (χ0v) is 16.7. The van der Waals surface area contributed by atoms with Crippen LogP contribution >= 0.6 is 0 Å². The highest BCUT2D eigenvalue weighted by atomic mass is 16.5. The molecule has 0 spiro atoms. The van der Waals surface area contributed by atoms with Gasteiger partial charge in [-0.2, -0.15) is 0 Å². The molecule has 2 unspecified atom stereocenters. The quantitative estimate of drug-likeness (QED) is 0.242. The molecule has 1 saturated heterocycles. The summed E-state index contributed by atoms with van der Waals surface area (Å²) in [6.45, 7) is 6.27. The van der Waals surface area contributed by atoms with Crippen LogP contribution in [0.2, 0.25) is 0 Å². The Hall–Kier alpha value is -1.67. The Kier molecular flexibility index (Phi) is 10.3. The van der Waals surface area contributed by atoms with Crippen LogP contribution in [0.5, 0.6) is 0 Å². The van der Waals surface area contributed by atoms with E-state index in [0.29, 0.717) is 13.0 Å². The van der Waals surface area contributed by atoms with Gasteiger partial charge in [-0.15, -0.1) is 0 Å². The van der Waals surface area contributed by atoms with Gasteiger partial charge in [0, 0.05) is 18.9 Å². The summed E-state index contributed by atoms with van der Waals surface area (Å²) < 4.78 is 0. The minimum Gasteiger partial charge on any atom is -0.394 e. The molecule has 1 heterocycles. The van der Waals surface area contributed by atoms with Gasteiger partial charge in [0.2, 0.25) is 17.7 Å². The highest BCUT2D eigenvalue weighted by Crippen LogP contribution is 2.21. The number of likely N-dealkylation sites (tertiary alicyclic amines) is 1. The van der Waals surface area contributed by atoms with Crippen molar-refractivity contribution in [2.24, 2.45) is 11.8 Å². The Labute approximate surface area is 161 Å². The van der Waals surface area contributed by atoms with Gasteiger partial charge >= 0.3 is 0 Å². The molecule has 3 amide bonds. The monoisotopic (exact) mass is 385 g/mol. The first-order valence-electron chi connectivity index (χ1n) is 10.00. The Morgan fingerprint density at radius 2 is 1.93 bits per heavy atom. The van der Waals surface area contributed by atoms with Gasteiger partial charge in [0.25, 0.3) is 0 Å². The summed E-state index contributed by atoms with van der Waals surface area (Å²) in [4.78, 5) is 38.9. The molecule has 0 radical (unpaired) electrons. The van der Waals surface area contributed by atoms with Gasteiger partial charge in [-0.3, -0.25) is 19.6 Å². The van der Waals surface area contributed by atoms with E-state index in [0.717, 1.165) is 32.1 Å². The van der Waals surface area contributed by atoms with Gasteiger partial charge in [0.1, 0.15) is 6.04 Å². The molecule has 8 nitrogen and oxygen atoms in total. The van der Waals surface area contributed by atoms with Gasteiger partial charge in [0.05, 0.1) is 12.6 Å². The summed E-state index contributed by atoms with van der Waals surface area (Å²) in [7, 11) is 0. The largest absolute Gasteiger partial charge is 0.394 e. The number of amides is 3. The molecule has 0 aromatic heterocycles. The molecular formula is C19H35N3O5. The average Bonchev–Trinajstić information content (AvgIpc) is 3.13. The molecule has 1 aliphatic rings. The van der Waals surface area contributed by atoms with Gasteiger partial charge in [-0.05, 0) is 25.2 Å². The molecule has 156 valence electrons. The van der Waals surface area contributed by atoms with Crippen molar-refractivity contribution in [3.05, 3.63) is 0 Å². The molecule has 0 saturated carbocycles. The third-order valence-corrected chi connectivity index (χ3v) is 5.18. The van der Waals surface area contributed by atoms with Crippen molar-refractivity contribution in [1.82, 2.24) is 15.7 Å². The predicted molar refractivity (Wildman–Crippen MR) is 101 cm³/mol. The molecule has 1 aliphatic heterocycles. The highest BCUT2D eigenvalue weighted by Gasteiger charge is 2.36. The standard InChI is InChI=1S/C19H35N3O5/c1-4-5-6-8-14(11-16(24)21-27)18(25)20-17(13(2)3)19(26)22-10-7-9-15(22)12-23/h13-15,17,23,27H,4-12H2,1-3H3,(H,20,25)(H,21,24)/t14-,15?,17?/m1/s1. The topological polar surface area (TPSA) is 119 Å². The molecule has 27 heavy (non-hydrogen) atoms. The van der Waals surface area contributed by atoms with Gasteiger partial charge in [0.15, 0.2) is 0 Å². The molecule has 0 aromatic carbocycles. The number of hydrogen-bond acceptors (Lipinski definition) is 5. The highest BCUT2D eigenvalue weighted by molar-refractivity contribution is 5.91. The fourth-order valence-electron chi connectivity index (χ4n) is 3.51. The zero-order chi connectivity index (χ0) is 20.4. The van der Waals surface area contributed by atoms with Gasteiger partial charge in [-0.1, -0.05) is 40.0 Å². The van der Waals surface area contributed by atoms with E-state index in [1.807, 2.05) is 13.8 Å². The van der Waals surface area contributed by atoms with E-state index in [9.17, 15) is 19.5 Å². The van der Waals surface area contributed by atoms with E-state index in [2.05, 4.69) is 12.2 Å². The number of hydrogen-bond donors (Lipinski definition) is 4. The van der Waals surface area contributed by atoms with Crippen LogP contribution in [0, 0.1) is 11.8 Å². The number of nitrogens with zero attached hydrogens (tertiary/aromatic N) is 1. The summed E-state index contributed by atoms with van der Waals surface area (Å²) >= 11 is 0. The molecule has 1 fully saturated rings. The third-order valence-electron chi connectivity index (χ3n) is 5.18. The maximum atomic E-state index is 12.9. The average molecular weight is 386 g/mol. The smallest absolute Gasteiger partial charge is 0.245 e. The van der Waals surface area contributed by atoms with Crippen LogP contribution < -0.4 is 10.8 Å². The van der Waals surface area contributed by atoms with Crippen LogP contribution in [0.15, 0.2) is 0 Å². The molecule has 0 aromatic rings. The maximum Gasteiger partial charge on any atom is 0.245 e. The van der Waals surface area contributed by atoms with Gasteiger partial charge in [-0.25, -0.2) is 5.48 Å². The second kappa shape index (κ2) is 11.9. The first-order valence-corrected chi connectivity index (χ1v) is 10.00. The summed E-state index contributed by atoms with van der Waals surface area (Å²) in [5, 5.41) is 21.1. The van der Waals surface area contributed by atoms with Crippen molar-refractivity contribution in [2.75, 3.05) is 13.2 Å². The second-order valence-electron chi connectivity index (χ2n) is 7.67. The minimum atomic E-state index is -0.699. The lowest BCUT2D eigenvalue weighted by atomic mass is 9.94. The Balaban J connectivity index is 2.82. The fraction of sp³-hybridized carbons (Fsp3) is 0.842. The number of nitrogens with one attached hydrogen (secondary N) is 2. The number of carbonyl (C=O) groups excluding carboxylic acids is 3. The molecule has 1 rings (SSSR count). The number of aliphatic hydroxyl groups excluding tert-OH is 1. The van der Waals surface area contributed by atoms with Crippen molar-refractivity contribution in [3.8, 4) is 0 Å². The van der Waals surface area contributed by atoms with Crippen LogP contribution in [0.1, 0.15) is 65.7 Å². The van der Waals surface area contributed by atoms with Crippen molar-refractivity contribution < 1.29 is 24.7 Å². The number of unbranched alkanes of at least 4 members (excludes halogenated alkanes) is 2. The summed E-state index contributed by atoms with van der Waals surface area (Å²) in [6.07, 6.45) is 4.74. The fourth-order valence-corrected chi connectivity index (χ4v) is 3.51. The second-order valence-corrected chi connectivity index (χ2v) is 7.67. The van der Waals surface area contributed by atoms with Crippen molar-refractivity contribution >= 4 is 17.7 Å². The Morgan fingerprint density at radius 3 is 2.48 bits per heavy atom. The molecule has 0 bridgehead atoms. The molecule has 8 heteroatoms. The van der Waals surface area contributed by atoms with Crippen LogP contribution in [0.25, 0.3) is 0 Å². The van der Waals surface area contributed by atoms with E-state index < -0.39 is 17.9 Å². The van der Waals surface area contributed by atoms with Crippen LogP contribution in [0.3, 0.4) is 0 Å². The van der Waals surface area contributed by atoms with E-state index >= 15 is 0 Å². The lowest BCUT2D eigenvalue weighted by Crippen LogP contribution is -2.54. The van der Waals surface area contributed by atoms with E-state index in [1.54, 1.807) is 10.4 Å². The van der Waals surface area contributed by atoms with Crippen molar-refractivity contribution in [3.63, 3.8) is 0 Å². The number of aliphatic hydroxyl groups is 1. The first kappa shape index (κ1) is 23.4. The molecule has 0 aliphatic carbocycles. The Bertz CT molecular complexity index is 498. The summed E-state index contributed by atoms with van der Waals surface area (Å²) in [5.41, 5.74) is 1.58.